The number of aromatic nitrogens is 3. The van der Waals surface area contributed by atoms with Gasteiger partial charge in [0, 0.05) is 25.1 Å². The van der Waals surface area contributed by atoms with Crippen molar-refractivity contribution in [2.24, 2.45) is 4.99 Å². The topological polar surface area (TPSA) is 46.3 Å². The summed E-state index contributed by atoms with van der Waals surface area (Å²) in [6, 6.07) is 8.49. The standard InChI is InChI=1S/C18H21N5/c1-2-8-16-20-21-17-13-19-18(22-11-6-3-7-12-22)14-9-4-5-10-15(14)23(16)17/h3-6,9-10H,2,7-8,11-13H2,1H3. The normalized spacial score (nSPS) is 16.6. The minimum Gasteiger partial charge on any atom is -0.352 e. The fourth-order valence-electron chi connectivity index (χ4n) is 3.31. The Morgan fingerprint density at radius 3 is 2.87 bits per heavy atom. The Kier molecular flexibility index (Phi) is 3.69. The predicted molar refractivity (Wildman–Crippen MR) is 90.9 cm³/mol. The fraction of sp³-hybridized carbons (Fsp3) is 0.389. The van der Waals surface area contributed by atoms with Gasteiger partial charge in [-0.1, -0.05) is 31.2 Å². The fourth-order valence-corrected chi connectivity index (χ4v) is 3.31. The Morgan fingerprint density at radius 2 is 2.04 bits per heavy atom. The maximum atomic E-state index is 4.89. The summed E-state index contributed by atoms with van der Waals surface area (Å²) in [5.74, 6) is 3.05. The molecule has 4 rings (SSSR count). The lowest BCUT2D eigenvalue weighted by molar-refractivity contribution is 0.453. The third-order valence-electron chi connectivity index (χ3n) is 4.38. The average Bonchev–Trinajstić information content (AvgIpc) is 2.91. The van der Waals surface area contributed by atoms with Crippen LogP contribution in [0.1, 0.15) is 37.0 Å². The van der Waals surface area contributed by atoms with E-state index in [-0.39, 0.29) is 0 Å². The van der Waals surface area contributed by atoms with Crippen LogP contribution in [0.3, 0.4) is 0 Å². The summed E-state index contributed by atoms with van der Waals surface area (Å²) in [6.07, 6.45) is 7.54. The molecule has 118 valence electrons. The average molecular weight is 307 g/mol. The van der Waals surface area contributed by atoms with Crippen LogP contribution < -0.4 is 0 Å². The molecule has 0 atom stereocenters. The number of fused-ring (bicyclic) bond motifs is 3. The van der Waals surface area contributed by atoms with Gasteiger partial charge < -0.3 is 4.90 Å². The number of nitrogens with zero attached hydrogens (tertiary/aromatic N) is 5. The molecule has 0 spiro atoms. The Hall–Kier alpha value is -2.43. The van der Waals surface area contributed by atoms with Crippen molar-refractivity contribution in [3.05, 3.63) is 53.6 Å². The highest BCUT2D eigenvalue weighted by Crippen LogP contribution is 2.25. The molecular weight excluding hydrogens is 286 g/mol. The summed E-state index contributed by atoms with van der Waals surface area (Å²) in [4.78, 5) is 7.25. The second-order valence-electron chi connectivity index (χ2n) is 5.98. The Morgan fingerprint density at radius 1 is 1.13 bits per heavy atom. The van der Waals surface area contributed by atoms with Crippen LogP contribution >= 0.6 is 0 Å². The lowest BCUT2D eigenvalue weighted by atomic mass is 10.1. The number of para-hydroxylation sites is 1. The van der Waals surface area contributed by atoms with Crippen molar-refractivity contribution < 1.29 is 0 Å². The highest BCUT2D eigenvalue weighted by molar-refractivity contribution is 6.02. The highest BCUT2D eigenvalue weighted by atomic mass is 15.3. The molecule has 3 heterocycles. The number of amidine groups is 1. The first-order valence-corrected chi connectivity index (χ1v) is 8.36. The number of rotatable bonds is 2. The zero-order chi connectivity index (χ0) is 15.6. The van der Waals surface area contributed by atoms with Gasteiger partial charge in [-0.3, -0.25) is 9.56 Å². The number of hydrogen-bond donors (Lipinski definition) is 0. The van der Waals surface area contributed by atoms with Crippen molar-refractivity contribution in [3.8, 4) is 5.69 Å². The molecule has 2 aliphatic heterocycles. The van der Waals surface area contributed by atoms with E-state index in [0.717, 1.165) is 55.5 Å². The van der Waals surface area contributed by atoms with Gasteiger partial charge in [0.15, 0.2) is 5.82 Å². The summed E-state index contributed by atoms with van der Waals surface area (Å²) in [7, 11) is 0. The molecule has 0 N–H and O–H groups in total. The van der Waals surface area contributed by atoms with E-state index in [9.17, 15) is 0 Å². The van der Waals surface area contributed by atoms with Gasteiger partial charge in [-0.25, -0.2) is 0 Å². The van der Waals surface area contributed by atoms with Crippen LogP contribution in [0.4, 0.5) is 0 Å². The van der Waals surface area contributed by atoms with Gasteiger partial charge in [-0.15, -0.1) is 10.2 Å². The van der Waals surface area contributed by atoms with E-state index in [1.54, 1.807) is 0 Å². The first kappa shape index (κ1) is 14.2. The largest absolute Gasteiger partial charge is 0.352 e. The number of benzene rings is 1. The molecule has 0 aliphatic carbocycles. The van der Waals surface area contributed by atoms with Crippen molar-refractivity contribution in [1.29, 1.82) is 0 Å². The second kappa shape index (κ2) is 5.99. The minimum absolute atomic E-state index is 0.584. The van der Waals surface area contributed by atoms with Gasteiger partial charge in [0.1, 0.15) is 18.2 Å². The number of aliphatic imine (C=N–C) groups is 1. The highest BCUT2D eigenvalue weighted by Gasteiger charge is 2.24. The first-order valence-electron chi connectivity index (χ1n) is 8.36. The van der Waals surface area contributed by atoms with E-state index in [1.807, 2.05) is 0 Å². The van der Waals surface area contributed by atoms with Crippen LogP contribution in [-0.4, -0.2) is 38.6 Å². The molecule has 5 nitrogen and oxygen atoms in total. The van der Waals surface area contributed by atoms with Gasteiger partial charge in [0.2, 0.25) is 0 Å². The van der Waals surface area contributed by atoms with Crippen LogP contribution in [0.2, 0.25) is 0 Å². The van der Waals surface area contributed by atoms with Gasteiger partial charge >= 0.3 is 0 Å². The molecule has 2 aliphatic rings. The Bertz CT molecular complexity index is 771. The zero-order valence-corrected chi connectivity index (χ0v) is 13.4. The predicted octanol–water partition coefficient (Wildman–Crippen LogP) is 2.74. The summed E-state index contributed by atoms with van der Waals surface area (Å²) in [5.41, 5.74) is 2.33. The smallest absolute Gasteiger partial charge is 0.159 e. The maximum Gasteiger partial charge on any atom is 0.159 e. The van der Waals surface area contributed by atoms with E-state index in [0.29, 0.717) is 6.54 Å². The van der Waals surface area contributed by atoms with Crippen molar-refractivity contribution in [2.45, 2.75) is 32.7 Å². The van der Waals surface area contributed by atoms with Gasteiger partial charge in [-0.05, 0) is 25.0 Å². The number of aryl methyl sites for hydroxylation is 1. The molecule has 0 radical (unpaired) electrons. The van der Waals surface area contributed by atoms with Crippen LogP contribution in [0, 0.1) is 0 Å². The van der Waals surface area contributed by atoms with Crippen LogP contribution in [0.15, 0.2) is 41.4 Å². The van der Waals surface area contributed by atoms with E-state index < -0.39 is 0 Å². The number of hydrogen-bond acceptors (Lipinski definition) is 4. The SMILES string of the molecule is CCCc1nnc2n1-c1ccccc1C(N1CC=CCC1)=NC2. The van der Waals surface area contributed by atoms with Crippen LogP contribution in [0.5, 0.6) is 0 Å². The Balaban J connectivity index is 1.84. The van der Waals surface area contributed by atoms with E-state index in [2.05, 4.69) is 63.0 Å². The summed E-state index contributed by atoms with van der Waals surface area (Å²) in [5, 5.41) is 8.77. The lowest BCUT2D eigenvalue weighted by Gasteiger charge is -2.27. The molecule has 0 saturated heterocycles. The molecule has 5 heteroatoms. The third-order valence-corrected chi connectivity index (χ3v) is 4.38. The van der Waals surface area contributed by atoms with Gasteiger partial charge in [0.25, 0.3) is 0 Å². The molecule has 2 aromatic rings. The van der Waals surface area contributed by atoms with Gasteiger partial charge in [-0.2, -0.15) is 0 Å². The molecule has 0 unspecified atom stereocenters. The summed E-state index contributed by atoms with van der Waals surface area (Å²) < 4.78 is 2.20. The van der Waals surface area contributed by atoms with Crippen molar-refractivity contribution in [3.63, 3.8) is 0 Å². The second-order valence-corrected chi connectivity index (χ2v) is 5.98. The van der Waals surface area contributed by atoms with E-state index in [1.165, 1.54) is 5.56 Å². The third kappa shape index (κ3) is 2.46. The molecule has 1 aromatic carbocycles. The molecule has 0 fully saturated rings. The molecule has 0 amide bonds. The summed E-state index contributed by atoms with van der Waals surface area (Å²) >= 11 is 0. The van der Waals surface area contributed by atoms with Crippen molar-refractivity contribution in [2.75, 3.05) is 13.1 Å². The maximum absolute atomic E-state index is 4.89. The molecule has 23 heavy (non-hydrogen) atoms. The first-order chi connectivity index (χ1) is 11.4. The van der Waals surface area contributed by atoms with Gasteiger partial charge in [0.05, 0.1) is 5.69 Å². The quantitative estimate of drug-likeness (QED) is 0.802. The lowest BCUT2D eigenvalue weighted by Crippen LogP contribution is -2.34. The van der Waals surface area contributed by atoms with E-state index >= 15 is 0 Å². The van der Waals surface area contributed by atoms with Crippen molar-refractivity contribution >= 4 is 5.84 Å². The minimum atomic E-state index is 0.584. The van der Waals surface area contributed by atoms with Crippen molar-refractivity contribution in [1.82, 2.24) is 19.7 Å². The monoisotopic (exact) mass is 307 g/mol. The molecule has 0 saturated carbocycles. The van der Waals surface area contributed by atoms with Crippen LogP contribution in [-0.2, 0) is 13.0 Å². The van der Waals surface area contributed by atoms with Crippen LogP contribution in [0.25, 0.3) is 5.69 Å². The zero-order valence-electron chi connectivity index (χ0n) is 13.4. The summed E-state index contributed by atoms with van der Waals surface area (Å²) in [6.45, 7) is 4.70. The molecule has 1 aromatic heterocycles. The molecular formula is C18H21N5. The van der Waals surface area contributed by atoms with E-state index in [4.69, 9.17) is 4.99 Å². The molecule has 0 bridgehead atoms. The Labute approximate surface area is 136 Å².